The number of carbonyl (C=O) groups excluding carboxylic acids is 2. The summed E-state index contributed by atoms with van der Waals surface area (Å²) < 4.78 is 14.6. The summed E-state index contributed by atoms with van der Waals surface area (Å²) in [7, 11) is 0. The number of rotatable bonds is 4. The summed E-state index contributed by atoms with van der Waals surface area (Å²) in [5, 5.41) is 12.3. The minimum atomic E-state index is -0.888. The van der Waals surface area contributed by atoms with E-state index in [1.54, 1.807) is 35.7 Å². The first-order valence-corrected chi connectivity index (χ1v) is 9.56. The molecule has 4 nitrogen and oxygen atoms in total. The summed E-state index contributed by atoms with van der Waals surface area (Å²) in [5.41, 5.74) is 0.228. The summed E-state index contributed by atoms with van der Waals surface area (Å²) in [6.45, 7) is 0. The molecule has 0 radical (unpaired) electrons. The number of Topliss-reactive ketones (excluding diaryl/α,β-unsaturated/α-hetero) is 1. The Kier molecular flexibility index (Phi) is 4.36. The number of halogens is 1. The molecule has 1 aromatic heterocycles. The number of carbonyl (C=O) groups is 2. The lowest BCUT2D eigenvalue weighted by Crippen LogP contribution is -2.39. The van der Waals surface area contributed by atoms with Crippen LogP contribution in [0.1, 0.15) is 47.0 Å². The van der Waals surface area contributed by atoms with Crippen LogP contribution in [0.25, 0.3) is 0 Å². The Balaban J connectivity index is 1.85. The van der Waals surface area contributed by atoms with Gasteiger partial charge in [0.1, 0.15) is 5.82 Å². The molecule has 1 N–H and O–H groups in total. The van der Waals surface area contributed by atoms with Crippen molar-refractivity contribution in [3.63, 3.8) is 0 Å². The lowest BCUT2D eigenvalue weighted by Gasteiger charge is -2.32. The van der Waals surface area contributed by atoms with E-state index in [1.807, 2.05) is 0 Å². The third kappa shape index (κ3) is 2.65. The molecule has 0 spiro atoms. The van der Waals surface area contributed by atoms with Gasteiger partial charge in [0.2, 0.25) is 5.78 Å². The molecule has 1 aliphatic carbocycles. The van der Waals surface area contributed by atoms with Crippen molar-refractivity contribution in [3.05, 3.63) is 69.4 Å². The number of ketones is 1. The fraction of sp³-hybridized carbons (Fsp3) is 0.300. The Morgan fingerprint density at radius 3 is 2.54 bits per heavy atom. The van der Waals surface area contributed by atoms with Crippen molar-refractivity contribution in [2.75, 3.05) is 0 Å². The molecule has 1 atom stereocenters. The molecule has 1 aromatic carbocycles. The zero-order valence-electron chi connectivity index (χ0n) is 14.0. The van der Waals surface area contributed by atoms with Crippen molar-refractivity contribution in [1.82, 2.24) is 4.90 Å². The quantitative estimate of drug-likeness (QED) is 0.810. The maximum absolute atomic E-state index is 14.6. The number of nitrogens with zero attached hydrogens (tertiary/aromatic N) is 1. The van der Waals surface area contributed by atoms with Gasteiger partial charge in [0.15, 0.2) is 5.76 Å². The van der Waals surface area contributed by atoms with Crippen LogP contribution in [0, 0.1) is 5.82 Å². The second-order valence-corrected chi connectivity index (χ2v) is 7.59. The molecule has 4 rings (SSSR count). The summed E-state index contributed by atoms with van der Waals surface area (Å²) >= 11 is 1.24. The van der Waals surface area contributed by atoms with E-state index in [0.717, 1.165) is 25.7 Å². The van der Waals surface area contributed by atoms with Crippen molar-refractivity contribution < 1.29 is 19.1 Å². The topological polar surface area (TPSA) is 57.6 Å². The summed E-state index contributed by atoms with van der Waals surface area (Å²) in [5.74, 6) is -2.03. The first-order valence-electron chi connectivity index (χ1n) is 8.68. The number of thiophene rings is 1. The van der Waals surface area contributed by atoms with Crippen molar-refractivity contribution in [2.24, 2.45) is 0 Å². The molecule has 134 valence electrons. The fourth-order valence-electron chi connectivity index (χ4n) is 3.96. The fourth-order valence-corrected chi connectivity index (χ4v) is 4.63. The van der Waals surface area contributed by atoms with Gasteiger partial charge in [-0.15, -0.1) is 11.3 Å². The molecule has 1 saturated carbocycles. The van der Waals surface area contributed by atoms with Gasteiger partial charge in [-0.05, 0) is 30.4 Å². The van der Waals surface area contributed by atoms with Crippen molar-refractivity contribution in [3.8, 4) is 0 Å². The molecule has 0 saturated heterocycles. The molecule has 26 heavy (non-hydrogen) atoms. The lowest BCUT2D eigenvalue weighted by atomic mass is 9.94. The van der Waals surface area contributed by atoms with Gasteiger partial charge in [-0.1, -0.05) is 37.1 Å². The van der Waals surface area contributed by atoms with Gasteiger partial charge in [-0.25, -0.2) is 4.39 Å². The summed E-state index contributed by atoms with van der Waals surface area (Å²) in [6, 6.07) is 8.54. The van der Waals surface area contributed by atoms with Gasteiger partial charge in [-0.2, -0.15) is 0 Å². The largest absolute Gasteiger partial charge is 0.503 e. The highest BCUT2D eigenvalue weighted by Crippen LogP contribution is 2.44. The molecule has 1 unspecified atom stereocenters. The molecule has 2 aliphatic rings. The second kappa shape index (κ2) is 6.68. The Bertz CT molecular complexity index is 884. The molecule has 2 aromatic rings. The minimum absolute atomic E-state index is 0.0190. The van der Waals surface area contributed by atoms with E-state index >= 15 is 0 Å². The standard InChI is InChI=1S/C20H18FNO3S/c21-14-9-4-3-8-13(14)17-16(18(23)15-10-5-11-26-15)19(24)20(25)22(17)12-6-1-2-7-12/h3-5,8-12,17,24H,1-2,6-7H2. The summed E-state index contributed by atoms with van der Waals surface area (Å²) in [4.78, 5) is 27.8. The third-order valence-corrected chi connectivity index (χ3v) is 6.02. The van der Waals surface area contributed by atoms with Crippen LogP contribution in [-0.4, -0.2) is 27.7 Å². The smallest absolute Gasteiger partial charge is 0.290 e. The van der Waals surface area contributed by atoms with Crippen LogP contribution < -0.4 is 0 Å². The van der Waals surface area contributed by atoms with Gasteiger partial charge in [0, 0.05) is 11.6 Å². The Morgan fingerprint density at radius 2 is 1.88 bits per heavy atom. The number of benzene rings is 1. The van der Waals surface area contributed by atoms with Crippen LogP contribution in [0.3, 0.4) is 0 Å². The molecule has 6 heteroatoms. The van der Waals surface area contributed by atoms with Gasteiger partial charge in [0.05, 0.1) is 16.5 Å². The number of hydrogen-bond acceptors (Lipinski definition) is 4. The van der Waals surface area contributed by atoms with Crippen LogP contribution in [0.2, 0.25) is 0 Å². The maximum atomic E-state index is 14.6. The monoisotopic (exact) mass is 371 g/mol. The molecule has 0 bridgehead atoms. The number of hydrogen-bond donors (Lipinski definition) is 1. The molecule has 1 fully saturated rings. The van der Waals surface area contributed by atoms with E-state index in [1.165, 1.54) is 22.3 Å². The third-order valence-electron chi connectivity index (χ3n) is 5.15. The molecular formula is C20H18FNO3S. The average Bonchev–Trinajstić information content (AvgIpc) is 3.37. The highest BCUT2D eigenvalue weighted by Gasteiger charge is 2.47. The molecule has 1 amide bonds. The van der Waals surface area contributed by atoms with Gasteiger partial charge in [-0.3, -0.25) is 9.59 Å². The van der Waals surface area contributed by atoms with Gasteiger partial charge < -0.3 is 10.0 Å². The zero-order chi connectivity index (χ0) is 18.3. The normalized spacial score (nSPS) is 21.0. The number of aliphatic hydroxyl groups is 1. The van der Waals surface area contributed by atoms with E-state index in [9.17, 15) is 19.1 Å². The van der Waals surface area contributed by atoms with E-state index in [4.69, 9.17) is 0 Å². The second-order valence-electron chi connectivity index (χ2n) is 6.64. The van der Waals surface area contributed by atoms with Crippen LogP contribution in [0.4, 0.5) is 4.39 Å². The van der Waals surface area contributed by atoms with Crippen LogP contribution in [-0.2, 0) is 4.79 Å². The average molecular weight is 371 g/mol. The minimum Gasteiger partial charge on any atom is -0.503 e. The predicted octanol–water partition coefficient (Wildman–Crippen LogP) is 4.41. The van der Waals surface area contributed by atoms with Crippen LogP contribution in [0.15, 0.2) is 53.1 Å². The zero-order valence-corrected chi connectivity index (χ0v) is 14.8. The van der Waals surface area contributed by atoms with E-state index in [2.05, 4.69) is 0 Å². The Morgan fingerprint density at radius 1 is 1.15 bits per heavy atom. The van der Waals surface area contributed by atoms with Crippen molar-refractivity contribution in [2.45, 2.75) is 37.8 Å². The van der Waals surface area contributed by atoms with Gasteiger partial charge >= 0.3 is 0 Å². The Labute approximate surface area is 154 Å². The Hall–Kier alpha value is -2.47. The number of amides is 1. The first-order chi connectivity index (χ1) is 12.6. The van der Waals surface area contributed by atoms with Crippen LogP contribution >= 0.6 is 11.3 Å². The molecule has 1 aliphatic heterocycles. The first kappa shape index (κ1) is 17.0. The molecule has 2 heterocycles. The predicted molar refractivity (Wildman–Crippen MR) is 96.5 cm³/mol. The highest BCUT2D eigenvalue weighted by molar-refractivity contribution is 7.12. The number of aliphatic hydroxyl groups excluding tert-OH is 1. The highest BCUT2D eigenvalue weighted by atomic mass is 32.1. The summed E-state index contributed by atoms with van der Waals surface area (Å²) in [6.07, 6.45) is 3.55. The van der Waals surface area contributed by atoms with Gasteiger partial charge in [0.25, 0.3) is 5.91 Å². The van der Waals surface area contributed by atoms with Crippen molar-refractivity contribution in [1.29, 1.82) is 0 Å². The van der Waals surface area contributed by atoms with Crippen molar-refractivity contribution >= 4 is 23.0 Å². The lowest BCUT2D eigenvalue weighted by molar-refractivity contribution is -0.131. The van der Waals surface area contributed by atoms with E-state index in [-0.39, 0.29) is 17.2 Å². The SMILES string of the molecule is O=C(C1=C(O)C(=O)N(C2CCCC2)C1c1ccccc1F)c1cccs1. The van der Waals surface area contributed by atoms with E-state index < -0.39 is 29.3 Å². The molecular weight excluding hydrogens is 353 g/mol. The van der Waals surface area contributed by atoms with Crippen LogP contribution in [0.5, 0.6) is 0 Å². The van der Waals surface area contributed by atoms with E-state index in [0.29, 0.717) is 4.88 Å². The maximum Gasteiger partial charge on any atom is 0.290 e.